The van der Waals surface area contributed by atoms with E-state index in [1.165, 1.54) is 18.9 Å². The number of rotatable bonds is 8. The SMILES string of the molecule is CC(C)(C)[S@](=N)(=O)c1cccc(NC(=O)c2ccc(NS(=O)(=O)CCO)cc2N2CCC3(CC2)CC3)c1. The van der Waals surface area contributed by atoms with E-state index < -0.39 is 36.9 Å². The van der Waals surface area contributed by atoms with Crippen LogP contribution in [0.15, 0.2) is 47.4 Å². The van der Waals surface area contributed by atoms with E-state index in [9.17, 15) is 17.4 Å². The molecule has 1 saturated carbocycles. The van der Waals surface area contributed by atoms with Crippen LogP contribution in [0.25, 0.3) is 0 Å². The first-order valence-electron chi connectivity index (χ1n) is 12.5. The molecule has 1 aliphatic heterocycles. The number of anilines is 3. The van der Waals surface area contributed by atoms with Gasteiger partial charge in [0, 0.05) is 28.4 Å². The van der Waals surface area contributed by atoms with E-state index in [2.05, 4.69) is 14.9 Å². The van der Waals surface area contributed by atoms with Crippen molar-refractivity contribution < 1.29 is 22.5 Å². The van der Waals surface area contributed by atoms with Gasteiger partial charge < -0.3 is 15.3 Å². The third kappa shape index (κ3) is 6.10. The lowest BCUT2D eigenvalue weighted by Crippen LogP contribution is -2.35. The van der Waals surface area contributed by atoms with Gasteiger partial charge in [-0.3, -0.25) is 9.52 Å². The largest absolute Gasteiger partial charge is 0.395 e. The number of carbonyl (C=O) groups is 1. The Labute approximate surface area is 219 Å². The number of nitrogens with one attached hydrogen (secondary N) is 3. The maximum atomic E-state index is 13.4. The summed E-state index contributed by atoms with van der Waals surface area (Å²) in [5.41, 5.74) is 2.21. The van der Waals surface area contributed by atoms with Gasteiger partial charge in [0.1, 0.15) is 0 Å². The molecule has 1 spiro atoms. The van der Waals surface area contributed by atoms with Crippen molar-refractivity contribution in [2.24, 2.45) is 5.41 Å². The van der Waals surface area contributed by atoms with Crippen LogP contribution in [0.3, 0.4) is 0 Å². The fourth-order valence-electron chi connectivity index (χ4n) is 4.60. The first-order valence-corrected chi connectivity index (χ1v) is 15.7. The zero-order valence-corrected chi connectivity index (χ0v) is 23.2. The highest BCUT2D eigenvalue weighted by Gasteiger charge is 2.44. The number of piperidine rings is 1. The van der Waals surface area contributed by atoms with E-state index in [-0.39, 0.29) is 5.91 Å². The van der Waals surface area contributed by atoms with Crippen LogP contribution in [0.2, 0.25) is 0 Å². The number of sulfonamides is 1. The molecule has 37 heavy (non-hydrogen) atoms. The van der Waals surface area contributed by atoms with Crippen LogP contribution in [0.4, 0.5) is 17.1 Å². The number of nitrogens with zero attached hydrogens (tertiary/aromatic N) is 1. The van der Waals surface area contributed by atoms with Crippen molar-refractivity contribution in [3.05, 3.63) is 48.0 Å². The van der Waals surface area contributed by atoms with Crippen LogP contribution in [0.5, 0.6) is 0 Å². The van der Waals surface area contributed by atoms with Crippen molar-refractivity contribution >= 4 is 42.7 Å². The van der Waals surface area contributed by atoms with Gasteiger partial charge in [0.15, 0.2) is 0 Å². The van der Waals surface area contributed by atoms with Crippen LogP contribution >= 0.6 is 0 Å². The smallest absolute Gasteiger partial charge is 0.257 e. The van der Waals surface area contributed by atoms with Crippen molar-refractivity contribution in [3.8, 4) is 0 Å². The van der Waals surface area contributed by atoms with Gasteiger partial charge in [-0.15, -0.1) is 0 Å². The minimum absolute atomic E-state index is 0.327. The summed E-state index contributed by atoms with van der Waals surface area (Å²) in [6, 6.07) is 11.4. The lowest BCUT2D eigenvalue weighted by atomic mass is 9.93. The minimum Gasteiger partial charge on any atom is -0.395 e. The van der Waals surface area contributed by atoms with Gasteiger partial charge in [-0.1, -0.05) is 6.07 Å². The molecular formula is C26H36N4O5S2. The van der Waals surface area contributed by atoms with E-state index in [1.54, 1.807) is 57.2 Å². The van der Waals surface area contributed by atoms with E-state index >= 15 is 0 Å². The monoisotopic (exact) mass is 548 g/mol. The second kappa shape index (κ2) is 9.92. The maximum Gasteiger partial charge on any atom is 0.257 e. The van der Waals surface area contributed by atoms with Crippen molar-refractivity contribution in [3.63, 3.8) is 0 Å². The van der Waals surface area contributed by atoms with E-state index in [4.69, 9.17) is 9.89 Å². The molecule has 1 saturated heterocycles. The fourth-order valence-corrected chi connectivity index (χ4v) is 6.70. The van der Waals surface area contributed by atoms with Gasteiger partial charge >= 0.3 is 0 Å². The molecule has 0 bridgehead atoms. The summed E-state index contributed by atoms with van der Waals surface area (Å²) in [6.45, 7) is 6.31. The number of aliphatic hydroxyl groups is 1. The third-order valence-electron chi connectivity index (χ3n) is 7.28. The summed E-state index contributed by atoms with van der Waals surface area (Å²) in [5, 5.41) is 11.9. The summed E-state index contributed by atoms with van der Waals surface area (Å²) in [5.74, 6) is -0.795. The second-order valence-electron chi connectivity index (χ2n) is 11.0. The van der Waals surface area contributed by atoms with Crippen LogP contribution in [0.1, 0.15) is 56.8 Å². The Morgan fingerprint density at radius 3 is 2.30 bits per heavy atom. The quantitative estimate of drug-likeness (QED) is 0.389. The molecule has 1 amide bonds. The predicted octanol–water partition coefficient (Wildman–Crippen LogP) is 4.26. The summed E-state index contributed by atoms with van der Waals surface area (Å²) in [4.78, 5) is 15.9. The van der Waals surface area contributed by atoms with Crippen molar-refractivity contribution in [2.75, 3.05) is 40.4 Å². The molecule has 0 aromatic heterocycles. The maximum absolute atomic E-state index is 13.4. The molecule has 1 heterocycles. The van der Waals surface area contributed by atoms with Crippen LogP contribution in [-0.4, -0.2) is 53.8 Å². The average Bonchev–Trinajstić information content (AvgIpc) is 3.57. The van der Waals surface area contributed by atoms with Crippen LogP contribution in [-0.2, 0) is 19.8 Å². The highest BCUT2D eigenvalue weighted by molar-refractivity contribution is 7.93. The Bertz CT molecular complexity index is 1380. The Balaban J connectivity index is 1.63. The zero-order valence-electron chi connectivity index (χ0n) is 21.5. The number of carbonyl (C=O) groups excluding carboxylic acids is 1. The van der Waals surface area contributed by atoms with Gasteiger partial charge in [-0.05, 0) is 88.3 Å². The molecule has 202 valence electrons. The summed E-state index contributed by atoms with van der Waals surface area (Å²) >= 11 is 0. The van der Waals surface area contributed by atoms with Crippen molar-refractivity contribution in [2.45, 2.75) is 56.1 Å². The number of amides is 1. The number of aliphatic hydroxyl groups excluding tert-OH is 1. The Morgan fingerprint density at radius 1 is 1.03 bits per heavy atom. The molecule has 11 heteroatoms. The number of benzene rings is 2. The lowest BCUT2D eigenvalue weighted by Gasteiger charge is -2.35. The molecule has 2 aromatic rings. The minimum atomic E-state index is -3.72. The van der Waals surface area contributed by atoms with Crippen molar-refractivity contribution in [1.82, 2.24) is 0 Å². The lowest BCUT2D eigenvalue weighted by molar-refractivity contribution is 0.102. The van der Waals surface area contributed by atoms with Gasteiger partial charge in [0.05, 0.1) is 39.0 Å². The molecular weight excluding hydrogens is 512 g/mol. The molecule has 2 fully saturated rings. The van der Waals surface area contributed by atoms with Gasteiger partial charge in [-0.25, -0.2) is 17.4 Å². The third-order valence-corrected chi connectivity index (χ3v) is 11.2. The van der Waals surface area contributed by atoms with E-state index in [1.807, 2.05) is 0 Å². The molecule has 2 aliphatic rings. The Morgan fingerprint density at radius 2 is 1.70 bits per heavy atom. The molecule has 1 aliphatic carbocycles. The number of hydrogen-bond donors (Lipinski definition) is 4. The normalized spacial score (nSPS) is 18.8. The van der Waals surface area contributed by atoms with Crippen molar-refractivity contribution in [1.29, 1.82) is 4.78 Å². The standard InChI is InChI=1S/C26H36N4O5S2/c1-25(2,3)37(27,35)21-6-4-5-19(17-21)28-24(32)22-8-7-20(29-36(33,34)16-15-31)18-23(22)30-13-11-26(9-10-26)12-14-30/h4-8,17-18,27,29,31H,9-16H2,1-3H3,(H,28,32)/t37-/m1/s1. The van der Waals surface area contributed by atoms with Gasteiger partial charge in [-0.2, -0.15) is 0 Å². The highest BCUT2D eigenvalue weighted by Crippen LogP contribution is 2.54. The topological polar surface area (TPSA) is 140 Å². The number of hydrogen-bond acceptors (Lipinski definition) is 7. The highest BCUT2D eigenvalue weighted by atomic mass is 32.2. The van der Waals surface area contributed by atoms with Gasteiger partial charge in [0.25, 0.3) is 5.91 Å². The van der Waals surface area contributed by atoms with Crippen LogP contribution < -0.4 is 14.9 Å². The first kappa shape index (κ1) is 27.4. The fraction of sp³-hybridized carbons (Fsp3) is 0.500. The molecule has 1 atom stereocenters. The molecule has 0 radical (unpaired) electrons. The molecule has 0 unspecified atom stereocenters. The molecule has 4 N–H and O–H groups in total. The predicted molar refractivity (Wildman–Crippen MR) is 147 cm³/mol. The second-order valence-corrected chi connectivity index (χ2v) is 15.7. The molecule has 9 nitrogen and oxygen atoms in total. The van der Waals surface area contributed by atoms with Gasteiger partial charge in [0.2, 0.25) is 10.0 Å². The molecule has 2 aromatic carbocycles. The first-order chi connectivity index (χ1) is 17.3. The van der Waals surface area contributed by atoms with E-state index in [0.717, 1.165) is 25.9 Å². The zero-order chi connectivity index (χ0) is 27.1. The van der Waals surface area contributed by atoms with E-state index in [0.29, 0.717) is 32.9 Å². The Hall–Kier alpha value is -2.63. The summed E-state index contributed by atoms with van der Waals surface area (Å²) in [6.07, 6.45) is 4.53. The molecule has 4 rings (SSSR count). The summed E-state index contributed by atoms with van der Waals surface area (Å²) < 4.78 is 47.7. The van der Waals surface area contributed by atoms with Crippen LogP contribution in [0, 0.1) is 10.2 Å². The Kier molecular flexibility index (Phi) is 7.35. The average molecular weight is 549 g/mol. The summed E-state index contributed by atoms with van der Waals surface area (Å²) in [7, 11) is -6.82.